The highest BCUT2D eigenvalue weighted by Crippen LogP contribution is 2.31. The zero-order chi connectivity index (χ0) is 13.3. The zero-order valence-corrected chi connectivity index (χ0v) is 12.4. The summed E-state index contributed by atoms with van der Waals surface area (Å²) in [4.78, 5) is 0. The summed E-state index contributed by atoms with van der Waals surface area (Å²) >= 11 is 3.34. The molecule has 2 rings (SSSR count). The second-order valence-corrected chi connectivity index (χ2v) is 7.65. The molecule has 1 N–H and O–H groups in total. The van der Waals surface area contributed by atoms with Crippen LogP contribution in [0, 0.1) is 0 Å². The molecule has 0 saturated carbocycles. The predicted octanol–water partition coefficient (Wildman–Crippen LogP) is 2.07. The van der Waals surface area contributed by atoms with Gasteiger partial charge in [-0.2, -0.15) is 0 Å². The summed E-state index contributed by atoms with van der Waals surface area (Å²) in [7, 11) is -2.96. The van der Waals surface area contributed by atoms with Crippen molar-refractivity contribution in [2.75, 3.05) is 11.5 Å². The van der Waals surface area contributed by atoms with Crippen molar-refractivity contribution in [1.29, 1.82) is 0 Å². The first-order chi connectivity index (χ1) is 8.37. The van der Waals surface area contributed by atoms with Crippen molar-refractivity contribution in [2.45, 2.75) is 25.6 Å². The first-order valence-electron chi connectivity index (χ1n) is 5.72. The highest BCUT2D eigenvalue weighted by atomic mass is 79.9. The Labute approximate surface area is 115 Å². The minimum absolute atomic E-state index is 0.0543. The van der Waals surface area contributed by atoms with Gasteiger partial charge >= 0.3 is 0 Å². The van der Waals surface area contributed by atoms with Gasteiger partial charge in [0.25, 0.3) is 0 Å². The van der Waals surface area contributed by atoms with E-state index in [2.05, 4.69) is 15.9 Å². The van der Waals surface area contributed by atoms with Gasteiger partial charge in [0.1, 0.15) is 11.9 Å². The van der Waals surface area contributed by atoms with Gasteiger partial charge in [0.2, 0.25) is 0 Å². The molecule has 1 saturated heterocycles. The van der Waals surface area contributed by atoms with E-state index >= 15 is 0 Å². The average Bonchev–Trinajstić information content (AvgIpc) is 2.57. The van der Waals surface area contributed by atoms with E-state index in [9.17, 15) is 13.5 Å². The smallest absolute Gasteiger partial charge is 0.154 e. The molecular formula is C12H15BrO4S. The fourth-order valence-electron chi connectivity index (χ4n) is 1.99. The van der Waals surface area contributed by atoms with E-state index in [1.165, 1.54) is 0 Å². The third-order valence-corrected chi connectivity index (χ3v) is 5.14. The van der Waals surface area contributed by atoms with E-state index in [-0.39, 0.29) is 17.6 Å². The Morgan fingerprint density at radius 3 is 2.78 bits per heavy atom. The monoisotopic (exact) mass is 334 g/mol. The van der Waals surface area contributed by atoms with Crippen molar-refractivity contribution in [1.82, 2.24) is 0 Å². The van der Waals surface area contributed by atoms with Crippen molar-refractivity contribution < 1.29 is 18.3 Å². The molecule has 2 atom stereocenters. The largest absolute Gasteiger partial charge is 0.489 e. The van der Waals surface area contributed by atoms with Crippen molar-refractivity contribution in [3.63, 3.8) is 0 Å². The minimum Gasteiger partial charge on any atom is -0.489 e. The fraction of sp³-hybridized carbons (Fsp3) is 0.500. The summed E-state index contributed by atoms with van der Waals surface area (Å²) in [6, 6.07) is 5.35. The molecule has 0 aliphatic carbocycles. The number of hydrogen-bond acceptors (Lipinski definition) is 4. The molecule has 0 aromatic heterocycles. The summed E-state index contributed by atoms with van der Waals surface area (Å²) in [6.07, 6.45) is -0.457. The van der Waals surface area contributed by atoms with Crippen LogP contribution in [0.5, 0.6) is 5.75 Å². The number of ether oxygens (including phenoxy) is 1. The topological polar surface area (TPSA) is 63.6 Å². The predicted molar refractivity (Wildman–Crippen MR) is 72.5 cm³/mol. The maximum Gasteiger partial charge on any atom is 0.154 e. The van der Waals surface area contributed by atoms with Crippen LogP contribution in [0.2, 0.25) is 0 Å². The Morgan fingerprint density at radius 2 is 2.22 bits per heavy atom. The third-order valence-electron chi connectivity index (χ3n) is 2.91. The molecule has 1 heterocycles. The normalized spacial score (nSPS) is 23.8. The lowest BCUT2D eigenvalue weighted by molar-refractivity contribution is 0.180. The van der Waals surface area contributed by atoms with Gasteiger partial charge < -0.3 is 9.84 Å². The van der Waals surface area contributed by atoms with E-state index < -0.39 is 15.9 Å². The quantitative estimate of drug-likeness (QED) is 0.919. The first-order valence-corrected chi connectivity index (χ1v) is 8.33. The molecule has 0 bridgehead atoms. The molecule has 1 aliphatic rings. The molecule has 6 heteroatoms. The van der Waals surface area contributed by atoms with Crippen molar-refractivity contribution >= 4 is 25.8 Å². The second-order valence-electron chi connectivity index (χ2n) is 4.50. The zero-order valence-electron chi connectivity index (χ0n) is 9.97. The van der Waals surface area contributed by atoms with Crippen LogP contribution in [-0.4, -0.2) is 31.1 Å². The molecule has 1 aromatic carbocycles. The average molecular weight is 335 g/mol. The van der Waals surface area contributed by atoms with Crippen molar-refractivity contribution in [3.8, 4) is 5.75 Å². The Bertz CT molecular complexity index is 539. The summed E-state index contributed by atoms with van der Waals surface area (Å²) in [5, 5.41) is 9.66. The van der Waals surface area contributed by atoms with Crippen molar-refractivity contribution in [2.24, 2.45) is 0 Å². The minimum atomic E-state index is -2.96. The van der Waals surface area contributed by atoms with E-state index in [0.717, 1.165) is 4.47 Å². The molecule has 0 amide bonds. The van der Waals surface area contributed by atoms with Crippen LogP contribution in [-0.2, 0) is 9.84 Å². The fourth-order valence-corrected chi connectivity index (χ4v) is 3.92. The highest BCUT2D eigenvalue weighted by Gasteiger charge is 2.30. The molecule has 0 spiro atoms. The Hall–Kier alpha value is -0.590. The number of benzene rings is 1. The molecule has 1 aliphatic heterocycles. The van der Waals surface area contributed by atoms with Crippen LogP contribution in [0.3, 0.4) is 0 Å². The number of aliphatic hydroxyl groups excluding tert-OH is 1. The Morgan fingerprint density at radius 1 is 1.50 bits per heavy atom. The van der Waals surface area contributed by atoms with Crippen LogP contribution in [0.25, 0.3) is 0 Å². The van der Waals surface area contributed by atoms with Crippen LogP contribution in [0.1, 0.15) is 25.0 Å². The molecule has 1 unspecified atom stereocenters. The SMILES string of the molecule is C[C@@H](O)c1ccc(Br)cc1OC1CCS(=O)(=O)C1. The molecule has 1 fully saturated rings. The molecule has 4 nitrogen and oxygen atoms in total. The summed E-state index contributed by atoms with van der Waals surface area (Å²) in [6.45, 7) is 1.65. The number of sulfone groups is 1. The molecule has 18 heavy (non-hydrogen) atoms. The van der Waals surface area contributed by atoms with Gasteiger partial charge in [-0.25, -0.2) is 8.42 Å². The van der Waals surface area contributed by atoms with E-state index in [0.29, 0.717) is 17.7 Å². The summed E-state index contributed by atoms with van der Waals surface area (Å²) in [5.41, 5.74) is 0.669. The maximum absolute atomic E-state index is 11.4. The summed E-state index contributed by atoms with van der Waals surface area (Å²) in [5.74, 6) is 0.774. The van der Waals surface area contributed by atoms with Gasteiger partial charge in [-0.05, 0) is 25.5 Å². The Kier molecular flexibility index (Phi) is 3.99. The molecule has 0 radical (unpaired) electrons. The van der Waals surface area contributed by atoms with Gasteiger partial charge in [-0.1, -0.05) is 22.0 Å². The third kappa shape index (κ3) is 3.24. The van der Waals surface area contributed by atoms with E-state index in [1.807, 2.05) is 6.07 Å². The van der Waals surface area contributed by atoms with Gasteiger partial charge in [-0.15, -0.1) is 0 Å². The summed E-state index contributed by atoms with van der Waals surface area (Å²) < 4.78 is 29.3. The lowest BCUT2D eigenvalue weighted by Crippen LogP contribution is -2.18. The van der Waals surface area contributed by atoms with E-state index in [1.54, 1.807) is 19.1 Å². The van der Waals surface area contributed by atoms with Gasteiger partial charge in [0.15, 0.2) is 9.84 Å². The molecule has 100 valence electrons. The van der Waals surface area contributed by atoms with Gasteiger partial charge in [0.05, 0.1) is 17.6 Å². The van der Waals surface area contributed by atoms with E-state index in [4.69, 9.17) is 4.74 Å². The second kappa shape index (κ2) is 5.19. The first kappa shape index (κ1) is 13.8. The lowest BCUT2D eigenvalue weighted by Gasteiger charge is -2.17. The van der Waals surface area contributed by atoms with Gasteiger partial charge in [0, 0.05) is 10.0 Å². The number of halogens is 1. The maximum atomic E-state index is 11.4. The Balaban J connectivity index is 2.21. The molecule has 1 aromatic rings. The van der Waals surface area contributed by atoms with Gasteiger partial charge in [-0.3, -0.25) is 0 Å². The number of hydrogen-bond donors (Lipinski definition) is 1. The lowest BCUT2D eigenvalue weighted by atomic mass is 10.1. The van der Waals surface area contributed by atoms with Crippen LogP contribution in [0.15, 0.2) is 22.7 Å². The number of aliphatic hydroxyl groups is 1. The highest BCUT2D eigenvalue weighted by molar-refractivity contribution is 9.10. The standard InChI is InChI=1S/C12H15BrO4S/c1-8(14)11-3-2-9(13)6-12(11)17-10-4-5-18(15,16)7-10/h2-3,6,8,10,14H,4-5,7H2,1H3/t8-,10?/m1/s1. The number of rotatable bonds is 3. The van der Waals surface area contributed by atoms with Crippen LogP contribution in [0.4, 0.5) is 0 Å². The molecular weight excluding hydrogens is 320 g/mol. The van der Waals surface area contributed by atoms with Crippen LogP contribution < -0.4 is 4.74 Å². The van der Waals surface area contributed by atoms with Crippen molar-refractivity contribution in [3.05, 3.63) is 28.2 Å². The van der Waals surface area contributed by atoms with Crippen LogP contribution >= 0.6 is 15.9 Å².